The van der Waals surface area contributed by atoms with E-state index in [4.69, 9.17) is 0 Å². The Balaban J connectivity index is 1.50. The molecule has 0 heterocycles. The van der Waals surface area contributed by atoms with E-state index in [0.717, 1.165) is 18.2 Å². The maximum atomic E-state index is 13.1. The Morgan fingerprint density at radius 1 is 1.00 bits per heavy atom. The van der Waals surface area contributed by atoms with Gasteiger partial charge in [-0.1, -0.05) is 19.3 Å². The number of hydrogen-bond donors (Lipinski definition) is 1. The molecule has 0 amide bonds. The number of halogens is 2. The highest BCUT2D eigenvalue weighted by Gasteiger charge is 2.46. The molecule has 2 fully saturated rings. The smallest absolute Gasteiger partial charge is 0.126 e. The summed E-state index contributed by atoms with van der Waals surface area (Å²) >= 11 is 0. The van der Waals surface area contributed by atoms with Gasteiger partial charge in [0.15, 0.2) is 0 Å². The minimum absolute atomic E-state index is 0.479. The average molecular weight is 279 g/mol. The van der Waals surface area contributed by atoms with Crippen molar-refractivity contribution in [2.45, 2.75) is 57.4 Å². The third kappa shape index (κ3) is 2.88. The maximum Gasteiger partial charge on any atom is 0.126 e. The SMILES string of the molecule is Fc1cc(F)cc(CCNC2CCC23CCCCC3)c1. The molecule has 0 aromatic heterocycles. The molecule has 1 unspecified atom stereocenters. The molecule has 1 spiro atoms. The number of benzene rings is 1. The van der Waals surface area contributed by atoms with Gasteiger partial charge in [0.05, 0.1) is 0 Å². The Hall–Kier alpha value is -0.960. The zero-order chi connectivity index (χ0) is 14.0. The Bertz CT molecular complexity index is 446. The lowest BCUT2D eigenvalue weighted by Crippen LogP contribution is -2.54. The highest BCUT2D eigenvalue weighted by atomic mass is 19.1. The largest absolute Gasteiger partial charge is 0.313 e. The predicted octanol–water partition coefficient (Wildman–Crippen LogP) is 4.21. The van der Waals surface area contributed by atoms with Crippen molar-refractivity contribution in [3.63, 3.8) is 0 Å². The van der Waals surface area contributed by atoms with Crippen LogP contribution in [-0.2, 0) is 6.42 Å². The summed E-state index contributed by atoms with van der Waals surface area (Å²) in [5, 5.41) is 3.62. The van der Waals surface area contributed by atoms with Crippen LogP contribution in [0.2, 0.25) is 0 Å². The summed E-state index contributed by atoms with van der Waals surface area (Å²) < 4.78 is 26.2. The fraction of sp³-hybridized carbons (Fsp3) is 0.647. The molecule has 0 saturated heterocycles. The number of hydrogen-bond acceptors (Lipinski definition) is 1. The van der Waals surface area contributed by atoms with Crippen LogP contribution in [0.15, 0.2) is 18.2 Å². The molecular formula is C17H23F2N. The van der Waals surface area contributed by atoms with Crippen molar-refractivity contribution in [3.8, 4) is 0 Å². The Morgan fingerprint density at radius 3 is 2.30 bits per heavy atom. The van der Waals surface area contributed by atoms with Gasteiger partial charge in [-0.3, -0.25) is 0 Å². The van der Waals surface area contributed by atoms with E-state index in [1.807, 2.05) is 0 Å². The van der Waals surface area contributed by atoms with Crippen molar-refractivity contribution in [2.24, 2.45) is 5.41 Å². The monoisotopic (exact) mass is 279 g/mol. The first kappa shape index (κ1) is 14.0. The molecule has 2 aliphatic rings. The first-order chi connectivity index (χ1) is 9.68. The normalized spacial score (nSPS) is 24.6. The van der Waals surface area contributed by atoms with Crippen molar-refractivity contribution in [1.29, 1.82) is 0 Å². The summed E-state index contributed by atoms with van der Waals surface area (Å²) in [5.41, 5.74) is 1.29. The molecule has 1 N–H and O–H groups in total. The van der Waals surface area contributed by atoms with Gasteiger partial charge in [0, 0.05) is 12.1 Å². The van der Waals surface area contributed by atoms with Crippen LogP contribution in [0.25, 0.3) is 0 Å². The molecule has 20 heavy (non-hydrogen) atoms. The van der Waals surface area contributed by atoms with Gasteiger partial charge >= 0.3 is 0 Å². The molecule has 110 valence electrons. The minimum atomic E-state index is -0.479. The summed E-state index contributed by atoms with van der Waals surface area (Å²) in [6, 6.07) is 4.42. The van der Waals surface area contributed by atoms with Crippen molar-refractivity contribution in [1.82, 2.24) is 5.32 Å². The van der Waals surface area contributed by atoms with Gasteiger partial charge in [-0.15, -0.1) is 0 Å². The van der Waals surface area contributed by atoms with Crippen molar-refractivity contribution in [3.05, 3.63) is 35.4 Å². The first-order valence-corrected chi connectivity index (χ1v) is 7.86. The van der Waals surface area contributed by atoms with E-state index in [2.05, 4.69) is 5.32 Å². The minimum Gasteiger partial charge on any atom is -0.313 e. The fourth-order valence-electron chi connectivity index (χ4n) is 4.02. The maximum absolute atomic E-state index is 13.1. The second-order valence-electron chi connectivity index (χ2n) is 6.50. The van der Waals surface area contributed by atoms with Crippen molar-refractivity contribution >= 4 is 0 Å². The summed E-state index contributed by atoms with van der Waals surface area (Å²) in [4.78, 5) is 0. The molecule has 0 aliphatic heterocycles. The summed E-state index contributed by atoms with van der Waals surface area (Å²) in [6.45, 7) is 0.815. The summed E-state index contributed by atoms with van der Waals surface area (Å²) in [5.74, 6) is -0.959. The van der Waals surface area contributed by atoms with E-state index >= 15 is 0 Å². The van der Waals surface area contributed by atoms with Crippen LogP contribution in [0.3, 0.4) is 0 Å². The van der Waals surface area contributed by atoms with Gasteiger partial charge in [0.1, 0.15) is 11.6 Å². The van der Waals surface area contributed by atoms with Crippen LogP contribution in [0.4, 0.5) is 8.78 Å². The first-order valence-electron chi connectivity index (χ1n) is 7.86. The molecule has 2 saturated carbocycles. The second kappa shape index (κ2) is 5.80. The fourth-order valence-corrected chi connectivity index (χ4v) is 4.02. The van der Waals surface area contributed by atoms with Crippen LogP contribution < -0.4 is 5.32 Å². The zero-order valence-corrected chi connectivity index (χ0v) is 11.9. The lowest BCUT2D eigenvalue weighted by molar-refractivity contribution is 0.0236. The van der Waals surface area contributed by atoms with Gasteiger partial charge in [-0.2, -0.15) is 0 Å². The number of nitrogens with one attached hydrogen (secondary N) is 1. The van der Waals surface area contributed by atoms with Crippen LogP contribution >= 0.6 is 0 Å². The Kier molecular flexibility index (Phi) is 4.06. The quantitative estimate of drug-likeness (QED) is 0.870. The molecule has 1 atom stereocenters. The molecule has 1 aromatic rings. The second-order valence-corrected chi connectivity index (χ2v) is 6.50. The molecule has 3 heteroatoms. The molecule has 1 aromatic carbocycles. The van der Waals surface area contributed by atoms with E-state index in [1.54, 1.807) is 0 Å². The highest BCUT2D eigenvalue weighted by molar-refractivity contribution is 5.18. The molecule has 3 rings (SSSR count). The lowest BCUT2D eigenvalue weighted by atomic mass is 9.57. The van der Waals surface area contributed by atoms with Gasteiger partial charge in [-0.25, -0.2) is 8.78 Å². The van der Waals surface area contributed by atoms with Crippen LogP contribution in [0.1, 0.15) is 50.5 Å². The van der Waals surface area contributed by atoms with Crippen molar-refractivity contribution in [2.75, 3.05) is 6.54 Å². The highest BCUT2D eigenvalue weighted by Crippen LogP contribution is 2.51. The third-order valence-electron chi connectivity index (χ3n) is 5.25. The van der Waals surface area contributed by atoms with Gasteiger partial charge in [0.2, 0.25) is 0 Å². The van der Waals surface area contributed by atoms with E-state index in [-0.39, 0.29) is 0 Å². The number of rotatable bonds is 4. The molecule has 0 bridgehead atoms. The van der Waals surface area contributed by atoms with Gasteiger partial charge < -0.3 is 5.32 Å². The van der Waals surface area contributed by atoms with Gasteiger partial charge in [0.25, 0.3) is 0 Å². The predicted molar refractivity (Wildman–Crippen MR) is 76.6 cm³/mol. The standard InChI is InChI=1S/C17H23F2N/c18-14-10-13(11-15(19)12-14)5-9-20-16-4-8-17(16)6-2-1-3-7-17/h10-12,16,20H,1-9H2. The van der Waals surface area contributed by atoms with E-state index in [0.29, 0.717) is 17.9 Å². The van der Waals surface area contributed by atoms with E-state index < -0.39 is 11.6 Å². The van der Waals surface area contributed by atoms with Crippen LogP contribution in [0, 0.1) is 17.0 Å². The van der Waals surface area contributed by atoms with Crippen LogP contribution in [0.5, 0.6) is 0 Å². The Labute approximate surface area is 119 Å². The molecular weight excluding hydrogens is 256 g/mol. The van der Waals surface area contributed by atoms with Crippen LogP contribution in [-0.4, -0.2) is 12.6 Å². The topological polar surface area (TPSA) is 12.0 Å². The molecule has 2 aliphatic carbocycles. The van der Waals surface area contributed by atoms with E-state index in [1.165, 1.54) is 57.1 Å². The third-order valence-corrected chi connectivity index (χ3v) is 5.25. The van der Waals surface area contributed by atoms with Gasteiger partial charge in [-0.05, 0) is 61.8 Å². The van der Waals surface area contributed by atoms with E-state index in [9.17, 15) is 8.78 Å². The average Bonchev–Trinajstić information content (AvgIpc) is 2.42. The lowest BCUT2D eigenvalue weighted by Gasteiger charge is -2.52. The molecule has 0 radical (unpaired) electrons. The molecule has 1 nitrogen and oxygen atoms in total. The Morgan fingerprint density at radius 2 is 1.70 bits per heavy atom. The van der Waals surface area contributed by atoms with Crippen molar-refractivity contribution < 1.29 is 8.78 Å². The zero-order valence-electron chi connectivity index (χ0n) is 11.9. The summed E-state index contributed by atoms with van der Waals surface area (Å²) in [6.07, 6.45) is 10.2. The summed E-state index contributed by atoms with van der Waals surface area (Å²) in [7, 11) is 0.